The van der Waals surface area contributed by atoms with Crippen molar-refractivity contribution in [2.75, 3.05) is 0 Å². The minimum absolute atomic E-state index is 0.00842. The van der Waals surface area contributed by atoms with Crippen LogP contribution in [0.5, 0.6) is 0 Å². The fourth-order valence-electron chi connectivity index (χ4n) is 3.56. The highest BCUT2D eigenvalue weighted by atomic mass is 16.4. The molecule has 0 bridgehead atoms. The van der Waals surface area contributed by atoms with E-state index in [1.807, 2.05) is 6.07 Å². The van der Waals surface area contributed by atoms with Crippen LogP contribution >= 0.6 is 0 Å². The fourth-order valence-corrected chi connectivity index (χ4v) is 3.56. The first kappa shape index (κ1) is 14.8. The average molecular weight is 297 g/mol. The number of carboxylic acid groups (broad SMARTS) is 1. The topological polar surface area (TPSA) is 78.2 Å². The van der Waals surface area contributed by atoms with Gasteiger partial charge in [0.05, 0.1) is 17.0 Å². The van der Waals surface area contributed by atoms with Crippen LogP contribution < -0.4 is 0 Å². The van der Waals surface area contributed by atoms with Crippen LogP contribution in [0.2, 0.25) is 0 Å². The summed E-state index contributed by atoms with van der Waals surface area (Å²) in [6, 6.07) is 8.97. The molecule has 22 heavy (non-hydrogen) atoms. The molecular weight excluding hydrogens is 278 g/mol. The lowest BCUT2D eigenvalue weighted by molar-refractivity contribution is -0.155. The molecular formula is C18H19NO3. The highest BCUT2D eigenvalue weighted by Crippen LogP contribution is 2.60. The Morgan fingerprint density at radius 2 is 1.68 bits per heavy atom. The number of hydrogen-bond acceptors (Lipinski definition) is 3. The second-order valence-corrected chi connectivity index (χ2v) is 6.60. The molecule has 1 aromatic rings. The summed E-state index contributed by atoms with van der Waals surface area (Å²) < 4.78 is 0. The second kappa shape index (κ2) is 5.57. The van der Waals surface area contributed by atoms with Crippen LogP contribution in [-0.2, 0) is 16.0 Å². The zero-order chi connectivity index (χ0) is 15.7. The average Bonchev–Trinajstić information content (AvgIpc) is 3.38. The number of hydrogen-bond donors (Lipinski definition) is 1. The molecule has 3 rings (SSSR count). The smallest absolute Gasteiger partial charge is 0.310 e. The van der Waals surface area contributed by atoms with Gasteiger partial charge in [-0.05, 0) is 55.2 Å². The third kappa shape index (κ3) is 2.76. The molecule has 2 aliphatic rings. The summed E-state index contributed by atoms with van der Waals surface area (Å²) in [6.07, 6.45) is 4.15. The summed E-state index contributed by atoms with van der Waals surface area (Å²) in [7, 11) is 0. The Balaban J connectivity index is 1.71. The highest BCUT2D eigenvalue weighted by Gasteiger charge is 2.59. The van der Waals surface area contributed by atoms with Gasteiger partial charge >= 0.3 is 5.97 Å². The summed E-state index contributed by atoms with van der Waals surface area (Å²) in [5.41, 5.74) is 0.589. The van der Waals surface area contributed by atoms with Crippen LogP contribution in [0.1, 0.15) is 43.2 Å². The molecule has 0 unspecified atom stereocenters. The molecule has 1 N–H and O–H groups in total. The van der Waals surface area contributed by atoms with E-state index in [4.69, 9.17) is 5.26 Å². The number of carboxylic acids is 1. The minimum Gasteiger partial charge on any atom is -0.481 e. The third-order valence-electron chi connectivity index (χ3n) is 4.98. The van der Waals surface area contributed by atoms with Gasteiger partial charge in [-0.1, -0.05) is 12.1 Å². The lowest BCUT2D eigenvalue weighted by atomic mass is 9.73. The van der Waals surface area contributed by atoms with Gasteiger partial charge < -0.3 is 5.11 Å². The normalized spacial score (nSPS) is 17.8. The number of carbonyl (C=O) groups is 2. The Morgan fingerprint density at radius 1 is 1.14 bits per heavy atom. The van der Waals surface area contributed by atoms with Crippen molar-refractivity contribution < 1.29 is 14.7 Å². The van der Waals surface area contributed by atoms with Crippen LogP contribution in [0.15, 0.2) is 24.3 Å². The standard InChI is InChI=1S/C18H19NO3/c19-11-13-3-1-12(2-4-13)9-16(20)10-18(17(21)22,14-5-6-14)15-7-8-15/h1-4,14-15H,5-10H2,(H,21,22). The quantitative estimate of drug-likeness (QED) is 0.839. The van der Waals surface area contributed by atoms with E-state index in [1.54, 1.807) is 24.3 Å². The lowest BCUT2D eigenvalue weighted by Gasteiger charge is -2.29. The Hall–Kier alpha value is -2.15. The van der Waals surface area contributed by atoms with E-state index in [-0.39, 0.29) is 30.5 Å². The molecule has 0 heterocycles. The number of rotatable bonds is 7. The molecule has 1 aromatic carbocycles. The lowest BCUT2D eigenvalue weighted by Crippen LogP contribution is -2.38. The number of ketones is 1. The van der Waals surface area contributed by atoms with Gasteiger partial charge in [-0.2, -0.15) is 5.26 Å². The number of aliphatic carboxylic acids is 1. The van der Waals surface area contributed by atoms with Crippen molar-refractivity contribution in [1.29, 1.82) is 5.26 Å². The maximum absolute atomic E-state index is 12.4. The predicted molar refractivity (Wildman–Crippen MR) is 80.0 cm³/mol. The monoisotopic (exact) mass is 297 g/mol. The van der Waals surface area contributed by atoms with Gasteiger partial charge in [0.15, 0.2) is 0 Å². The van der Waals surface area contributed by atoms with E-state index in [1.165, 1.54) is 0 Å². The van der Waals surface area contributed by atoms with E-state index in [0.717, 1.165) is 31.2 Å². The maximum Gasteiger partial charge on any atom is 0.310 e. The van der Waals surface area contributed by atoms with Crippen molar-refractivity contribution in [2.45, 2.75) is 38.5 Å². The van der Waals surface area contributed by atoms with Gasteiger partial charge in [0, 0.05) is 12.8 Å². The van der Waals surface area contributed by atoms with Crippen LogP contribution in [0.4, 0.5) is 0 Å². The first-order valence-electron chi connectivity index (χ1n) is 7.80. The van der Waals surface area contributed by atoms with Gasteiger partial charge in [0.25, 0.3) is 0 Å². The van der Waals surface area contributed by atoms with Gasteiger partial charge in [-0.3, -0.25) is 9.59 Å². The molecule has 2 saturated carbocycles. The fraction of sp³-hybridized carbons (Fsp3) is 0.500. The summed E-state index contributed by atoms with van der Waals surface area (Å²) in [5, 5.41) is 18.5. The predicted octanol–water partition coefficient (Wildman–Crippen LogP) is 2.95. The number of nitrogens with zero attached hydrogens (tertiary/aromatic N) is 1. The zero-order valence-corrected chi connectivity index (χ0v) is 12.4. The first-order valence-corrected chi connectivity index (χ1v) is 7.80. The Bertz CT molecular complexity index is 621. The van der Waals surface area contributed by atoms with Crippen molar-refractivity contribution in [3.05, 3.63) is 35.4 Å². The molecule has 0 amide bonds. The Kier molecular flexibility index (Phi) is 3.74. The van der Waals surface area contributed by atoms with E-state index in [0.29, 0.717) is 5.56 Å². The van der Waals surface area contributed by atoms with Crippen molar-refractivity contribution >= 4 is 11.8 Å². The molecule has 0 aromatic heterocycles. The molecule has 0 radical (unpaired) electrons. The number of carbonyl (C=O) groups excluding carboxylic acids is 1. The SMILES string of the molecule is N#Cc1ccc(CC(=O)CC(C(=O)O)(C2CC2)C2CC2)cc1. The van der Waals surface area contributed by atoms with Crippen molar-refractivity contribution in [1.82, 2.24) is 0 Å². The number of nitriles is 1. The van der Waals surface area contributed by atoms with Gasteiger partial charge in [-0.25, -0.2) is 0 Å². The molecule has 4 heteroatoms. The number of Topliss-reactive ketones (excluding diaryl/α,β-unsaturated/α-hetero) is 1. The second-order valence-electron chi connectivity index (χ2n) is 6.60. The van der Waals surface area contributed by atoms with Gasteiger partial charge in [0.1, 0.15) is 5.78 Å². The molecule has 2 aliphatic carbocycles. The van der Waals surface area contributed by atoms with Crippen LogP contribution in [0.25, 0.3) is 0 Å². The van der Waals surface area contributed by atoms with E-state index >= 15 is 0 Å². The Morgan fingerprint density at radius 3 is 2.09 bits per heavy atom. The maximum atomic E-state index is 12.4. The van der Waals surface area contributed by atoms with Crippen molar-refractivity contribution in [3.63, 3.8) is 0 Å². The molecule has 2 fully saturated rings. The van der Waals surface area contributed by atoms with Gasteiger partial charge in [0.2, 0.25) is 0 Å². The van der Waals surface area contributed by atoms with Crippen LogP contribution in [-0.4, -0.2) is 16.9 Å². The number of benzene rings is 1. The zero-order valence-electron chi connectivity index (χ0n) is 12.4. The Labute approximate surface area is 129 Å². The summed E-state index contributed by atoms with van der Waals surface area (Å²) in [5.74, 6) is -0.429. The summed E-state index contributed by atoms with van der Waals surface area (Å²) >= 11 is 0. The van der Waals surface area contributed by atoms with Gasteiger partial charge in [-0.15, -0.1) is 0 Å². The molecule has 0 saturated heterocycles. The van der Waals surface area contributed by atoms with Crippen LogP contribution in [0.3, 0.4) is 0 Å². The summed E-state index contributed by atoms with van der Waals surface area (Å²) in [6.45, 7) is 0. The highest BCUT2D eigenvalue weighted by molar-refractivity contribution is 5.88. The van der Waals surface area contributed by atoms with Crippen molar-refractivity contribution in [2.24, 2.45) is 17.3 Å². The summed E-state index contributed by atoms with van der Waals surface area (Å²) in [4.78, 5) is 24.3. The van der Waals surface area contributed by atoms with E-state index in [9.17, 15) is 14.7 Å². The molecule has 0 spiro atoms. The van der Waals surface area contributed by atoms with E-state index in [2.05, 4.69) is 0 Å². The minimum atomic E-state index is -0.816. The third-order valence-corrected chi connectivity index (χ3v) is 4.98. The molecule has 4 nitrogen and oxygen atoms in total. The first-order chi connectivity index (χ1) is 10.6. The van der Waals surface area contributed by atoms with E-state index < -0.39 is 11.4 Å². The molecule has 114 valence electrons. The largest absolute Gasteiger partial charge is 0.481 e. The molecule has 0 aliphatic heterocycles. The van der Waals surface area contributed by atoms with Crippen molar-refractivity contribution in [3.8, 4) is 6.07 Å². The van der Waals surface area contributed by atoms with Crippen LogP contribution in [0, 0.1) is 28.6 Å². The molecule has 0 atom stereocenters.